The molecule has 5 nitrogen and oxygen atoms in total. The second-order valence-electron chi connectivity index (χ2n) is 3.58. The fourth-order valence-electron chi connectivity index (χ4n) is 1.52. The van der Waals surface area contributed by atoms with Crippen molar-refractivity contribution in [2.24, 2.45) is 0 Å². The Morgan fingerprint density at radius 1 is 1.29 bits per heavy atom. The Kier molecular flexibility index (Phi) is 2.78. The fraction of sp³-hybridized carbons (Fsp3) is 0.0909. The molecule has 2 aromatic rings. The highest BCUT2D eigenvalue weighted by atomic mass is 19.1. The lowest BCUT2D eigenvalue weighted by Gasteiger charge is -2.08. The van der Waals surface area contributed by atoms with E-state index in [9.17, 15) is 14.0 Å². The summed E-state index contributed by atoms with van der Waals surface area (Å²) < 4.78 is 14.1. The molecule has 0 aliphatic rings. The van der Waals surface area contributed by atoms with Gasteiger partial charge in [-0.2, -0.15) is 0 Å². The minimum atomic E-state index is -0.612. The van der Waals surface area contributed by atoms with Gasteiger partial charge in [-0.05, 0) is 17.7 Å². The molecule has 1 heterocycles. The standard InChI is InChI=1S/C11H10FN3O2/c12-8-3-1-2-7(4-8)6-15-9(13)5-10(16)14-11(15)17/h1-5H,6,13H2,(H,14,16,17). The quantitative estimate of drug-likeness (QED) is 0.785. The Morgan fingerprint density at radius 3 is 2.71 bits per heavy atom. The summed E-state index contributed by atoms with van der Waals surface area (Å²) >= 11 is 0. The van der Waals surface area contributed by atoms with E-state index in [1.165, 1.54) is 18.2 Å². The van der Waals surface area contributed by atoms with Crippen molar-refractivity contribution >= 4 is 5.82 Å². The minimum absolute atomic E-state index is 0.0445. The van der Waals surface area contributed by atoms with Gasteiger partial charge in [0.15, 0.2) is 0 Å². The number of H-pyrrole nitrogens is 1. The Bertz CT molecular complexity index is 660. The van der Waals surface area contributed by atoms with Gasteiger partial charge in [-0.1, -0.05) is 12.1 Å². The Morgan fingerprint density at radius 2 is 2.06 bits per heavy atom. The Hall–Kier alpha value is -2.37. The molecule has 0 fully saturated rings. The van der Waals surface area contributed by atoms with Gasteiger partial charge in [-0.15, -0.1) is 0 Å². The van der Waals surface area contributed by atoms with E-state index in [0.29, 0.717) is 5.56 Å². The third kappa shape index (κ3) is 2.41. The first kappa shape index (κ1) is 11.1. The van der Waals surface area contributed by atoms with Crippen molar-refractivity contribution in [1.29, 1.82) is 0 Å². The van der Waals surface area contributed by atoms with Crippen molar-refractivity contribution in [2.75, 3.05) is 5.73 Å². The van der Waals surface area contributed by atoms with Crippen molar-refractivity contribution in [3.05, 3.63) is 62.6 Å². The second-order valence-corrected chi connectivity index (χ2v) is 3.58. The van der Waals surface area contributed by atoms with E-state index < -0.39 is 17.1 Å². The lowest BCUT2D eigenvalue weighted by molar-refractivity contribution is 0.622. The van der Waals surface area contributed by atoms with Crippen LogP contribution in [0.5, 0.6) is 0 Å². The highest BCUT2D eigenvalue weighted by molar-refractivity contribution is 5.28. The summed E-state index contributed by atoms with van der Waals surface area (Å²) in [5.74, 6) is -0.346. The number of hydrogen-bond donors (Lipinski definition) is 2. The number of aromatic nitrogens is 2. The van der Waals surface area contributed by atoms with Gasteiger partial charge in [-0.3, -0.25) is 14.3 Å². The van der Waals surface area contributed by atoms with Crippen LogP contribution in [-0.2, 0) is 6.54 Å². The number of nitrogens with two attached hydrogens (primary N) is 1. The molecule has 0 unspecified atom stereocenters. The summed E-state index contributed by atoms with van der Waals surface area (Å²) in [6.07, 6.45) is 0. The predicted octanol–water partition coefficient (Wildman–Crippen LogP) is 0.306. The van der Waals surface area contributed by atoms with E-state index >= 15 is 0 Å². The topological polar surface area (TPSA) is 80.9 Å². The number of nitrogens with one attached hydrogen (secondary N) is 1. The Balaban J connectivity index is 2.43. The van der Waals surface area contributed by atoms with Crippen LogP contribution in [-0.4, -0.2) is 9.55 Å². The number of nitrogen functional groups attached to an aromatic ring is 1. The van der Waals surface area contributed by atoms with Crippen molar-refractivity contribution in [1.82, 2.24) is 9.55 Å². The zero-order chi connectivity index (χ0) is 12.4. The third-order valence-electron chi connectivity index (χ3n) is 2.30. The van der Waals surface area contributed by atoms with Gasteiger partial charge in [0.1, 0.15) is 11.6 Å². The first-order chi connectivity index (χ1) is 8.06. The third-order valence-corrected chi connectivity index (χ3v) is 2.30. The summed E-state index contributed by atoms with van der Waals surface area (Å²) in [5, 5.41) is 0. The van der Waals surface area contributed by atoms with Crippen LogP contribution in [0.3, 0.4) is 0 Å². The molecule has 0 bridgehead atoms. The van der Waals surface area contributed by atoms with Gasteiger partial charge in [0.25, 0.3) is 5.56 Å². The number of hydrogen-bond acceptors (Lipinski definition) is 3. The molecule has 3 N–H and O–H groups in total. The van der Waals surface area contributed by atoms with Crippen LogP contribution < -0.4 is 17.0 Å². The summed E-state index contributed by atoms with van der Waals surface area (Å²) in [5.41, 5.74) is 4.98. The maximum absolute atomic E-state index is 13.0. The van der Waals surface area contributed by atoms with E-state index in [2.05, 4.69) is 4.98 Å². The zero-order valence-electron chi connectivity index (χ0n) is 8.81. The van der Waals surface area contributed by atoms with Gasteiger partial charge in [0, 0.05) is 6.07 Å². The van der Waals surface area contributed by atoms with Crippen LogP contribution in [0.25, 0.3) is 0 Å². The maximum atomic E-state index is 13.0. The van der Waals surface area contributed by atoms with Gasteiger partial charge < -0.3 is 5.73 Å². The van der Waals surface area contributed by atoms with Gasteiger partial charge in [-0.25, -0.2) is 9.18 Å². The molecule has 0 atom stereocenters. The highest BCUT2D eigenvalue weighted by Gasteiger charge is 2.04. The summed E-state index contributed by atoms with van der Waals surface area (Å²) in [6.45, 7) is 0.110. The van der Waals surface area contributed by atoms with Crippen LogP contribution in [0.4, 0.5) is 10.2 Å². The molecule has 1 aromatic carbocycles. The number of rotatable bonds is 2. The first-order valence-corrected chi connectivity index (χ1v) is 4.90. The lowest BCUT2D eigenvalue weighted by Crippen LogP contribution is -2.31. The van der Waals surface area contributed by atoms with Crippen molar-refractivity contribution in [3.8, 4) is 0 Å². The molecule has 0 saturated carbocycles. The molecule has 0 saturated heterocycles. The smallest absolute Gasteiger partial charge is 0.330 e. The zero-order valence-corrected chi connectivity index (χ0v) is 8.81. The van der Waals surface area contributed by atoms with Crippen molar-refractivity contribution < 1.29 is 4.39 Å². The largest absolute Gasteiger partial charge is 0.385 e. The normalized spacial score (nSPS) is 10.4. The molecule has 0 radical (unpaired) electrons. The number of nitrogens with zero attached hydrogens (tertiary/aromatic N) is 1. The van der Waals surface area contributed by atoms with Crippen LogP contribution in [0.15, 0.2) is 39.9 Å². The minimum Gasteiger partial charge on any atom is -0.385 e. The van der Waals surface area contributed by atoms with E-state index in [4.69, 9.17) is 5.73 Å². The van der Waals surface area contributed by atoms with Crippen LogP contribution in [0.1, 0.15) is 5.56 Å². The average molecular weight is 235 g/mol. The summed E-state index contributed by atoms with van der Waals surface area (Å²) in [4.78, 5) is 24.5. The molecule has 0 amide bonds. The molecule has 0 aliphatic carbocycles. The van der Waals surface area contributed by atoms with Crippen LogP contribution in [0, 0.1) is 5.82 Å². The fourth-order valence-corrected chi connectivity index (χ4v) is 1.52. The number of anilines is 1. The van der Waals surface area contributed by atoms with E-state index in [0.717, 1.165) is 10.6 Å². The Labute approximate surface area is 95.3 Å². The summed E-state index contributed by atoms with van der Waals surface area (Å²) in [6, 6.07) is 6.93. The predicted molar refractivity (Wildman–Crippen MR) is 61.2 cm³/mol. The van der Waals surface area contributed by atoms with Crippen molar-refractivity contribution in [3.63, 3.8) is 0 Å². The molecule has 88 valence electrons. The van der Waals surface area contributed by atoms with Gasteiger partial charge in [0.05, 0.1) is 6.54 Å². The molecule has 17 heavy (non-hydrogen) atoms. The SMILES string of the molecule is Nc1cc(=O)[nH]c(=O)n1Cc1cccc(F)c1. The highest BCUT2D eigenvalue weighted by Crippen LogP contribution is 2.06. The first-order valence-electron chi connectivity index (χ1n) is 4.90. The number of halogens is 1. The van der Waals surface area contributed by atoms with Crippen molar-refractivity contribution in [2.45, 2.75) is 6.54 Å². The van der Waals surface area contributed by atoms with E-state index in [1.54, 1.807) is 6.07 Å². The molecule has 2 rings (SSSR count). The van der Waals surface area contributed by atoms with Gasteiger partial charge >= 0.3 is 5.69 Å². The van der Waals surface area contributed by atoms with E-state index in [1.807, 2.05) is 0 Å². The molecule has 0 aliphatic heterocycles. The monoisotopic (exact) mass is 235 g/mol. The average Bonchev–Trinajstić information content (AvgIpc) is 2.23. The molecule has 1 aromatic heterocycles. The number of aromatic amines is 1. The van der Waals surface area contributed by atoms with E-state index in [-0.39, 0.29) is 12.4 Å². The molecular weight excluding hydrogens is 225 g/mol. The molecule has 0 spiro atoms. The summed E-state index contributed by atoms with van der Waals surface area (Å²) in [7, 11) is 0. The molecule has 6 heteroatoms. The number of benzene rings is 1. The maximum Gasteiger partial charge on any atom is 0.330 e. The van der Waals surface area contributed by atoms with Crippen LogP contribution >= 0.6 is 0 Å². The second kappa shape index (κ2) is 4.25. The van der Waals surface area contributed by atoms with Gasteiger partial charge in [0.2, 0.25) is 0 Å². The molecular formula is C11H10FN3O2. The lowest BCUT2D eigenvalue weighted by atomic mass is 10.2. The van der Waals surface area contributed by atoms with Crippen LogP contribution in [0.2, 0.25) is 0 Å².